The monoisotopic (exact) mass is 381 g/mol. The highest BCUT2D eigenvalue weighted by Gasteiger charge is 2.28. The Kier molecular flexibility index (Phi) is 6.65. The van der Waals surface area contributed by atoms with E-state index in [0.29, 0.717) is 6.42 Å². The number of aliphatic carboxylic acids is 1. The summed E-state index contributed by atoms with van der Waals surface area (Å²) in [6.45, 7) is 7.92. The fourth-order valence-electron chi connectivity index (χ4n) is 4.01. The third kappa shape index (κ3) is 4.51. The van der Waals surface area contributed by atoms with Gasteiger partial charge in [0, 0.05) is 29.9 Å². The number of aryl methyl sites for hydroxylation is 2. The number of hydrogen-bond donors (Lipinski definition) is 1. The first-order valence-corrected chi connectivity index (χ1v) is 10.4. The minimum atomic E-state index is -0.801. The molecule has 0 amide bonds. The van der Waals surface area contributed by atoms with Crippen LogP contribution in [0.4, 0.5) is 5.95 Å². The zero-order valence-corrected chi connectivity index (χ0v) is 17.2. The summed E-state index contributed by atoms with van der Waals surface area (Å²) in [7, 11) is 0. The van der Waals surface area contributed by atoms with E-state index < -0.39 is 11.9 Å². The fourth-order valence-corrected chi connectivity index (χ4v) is 4.01. The van der Waals surface area contributed by atoms with E-state index in [-0.39, 0.29) is 0 Å². The third-order valence-electron chi connectivity index (χ3n) is 5.56. The Balaban J connectivity index is 2.14. The maximum absolute atomic E-state index is 12.0. The summed E-state index contributed by atoms with van der Waals surface area (Å²) >= 11 is 0. The van der Waals surface area contributed by atoms with Crippen LogP contribution in [0.5, 0.6) is 0 Å². The maximum Gasteiger partial charge on any atom is 0.311 e. The van der Waals surface area contributed by atoms with Crippen molar-refractivity contribution in [1.29, 1.82) is 0 Å². The van der Waals surface area contributed by atoms with Crippen molar-refractivity contribution in [1.82, 2.24) is 9.97 Å². The van der Waals surface area contributed by atoms with Gasteiger partial charge in [0.1, 0.15) is 0 Å². The predicted octanol–water partition coefficient (Wildman–Crippen LogP) is 5.11. The quantitative estimate of drug-likeness (QED) is 0.753. The number of benzene rings is 1. The second-order valence-electron chi connectivity index (χ2n) is 7.82. The summed E-state index contributed by atoms with van der Waals surface area (Å²) in [6, 6.07) is 8.19. The van der Waals surface area contributed by atoms with E-state index >= 15 is 0 Å². The van der Waals surface area contributed by atoms with Crippen LogP contribution >= 0.6 is 0 Å². The van der Waals surface area contributed by atoms with Crippen LogP contribution in [0.1, 0.15) is 68.2 Å². The molecule has 1 N–H and O–H groups in total. The highest BCUT2D eigenvalue weighted by molar-refractivity contribution is 5.81. The van der Waals surface area contributed by atoms with Gasteiger partial charge in [0.15, 0.2) is 0 Å². The molecule has 1 aliphatic heterocycles. The van der Waals surface area contributed by atoms with Crippen molar-refractivity contribution in [3.63, 3.8) is 0 Å². The van der Waals surface area contributed by atoms with Gasteiger partial charge in [-0.1, -0.05) is 56.0 Å². The summed E-state index contributed by atoms with van der Waals surface area (Å²) in [5.41, 5.74) is 4.45. The Morgan fingerprint density at radius 3 is 2.29 bits per heavy atom. The van der Waals surface area contributed by atoms with Crippen LogP contribution in [0, 0.1) is 13.8 Å². The highest BCUT2D eigenvalue weighted by atomic mass is 16.4. The van der Waals surface area contributed by atoms with Gasteiger partial charge in [0.05, 0.1) is 11.6 Å². The van der Waals surface area contributed by atoms with E-state index in [4.69, 9.17) is 9.97 Å². The minimum Gasteiger partial charge on any atom is -0.481 e. The van der Waals surface area contributed by atoms with Crippen LogP contribution in [0.3, 0.4) is 0 Å². The molecule has 1 unspecified atom stereocenters. The summed E-state index contributed by atoms with van der Waals surface area (Å²) in [5, 5.41) is 9.89. The molecular weight excluding hydrogens is 350 g/mol. The first-order chi connectivity index (χ1) is 13.5. The van der Waals surface area contributed by atoms with Gasteiger partial charge in [-0.25, -0.2) is 9.97 Å². The number of carbonyl (C=O) groups is 1. The van der Waals surface area contributed by atoms with Crippen LogP contribution in [-0.2, 0) is 4.79 Å². The lowest BCUT2D eigenvalue weighted by molar-refractivity contribution is -0.139. The molecule has 5 heteroatoms. The Morgan fingerprint density at radius 2 is 1.71 bits per heavy atom. The molecule has 1 aromatic carbocycles. The van der Waals surface area contributed by atoms with Gasteiger partial charge in [-0.05, 0) is 33.1 Å². The first-order valence-electron chi connectivity index (χ1n) is 10.4. The van der Waals surface area contributed by atoms with Gasteiger partial charge in [0.2, 0.25) is 5.95 Å². The number of anilines is 1. The van der Waals surface area contributed by atoms with E-state index in [2.05, 4.69) is 24.0 Å². The summed E-state index contributed by atoms with van der Waals surface area (Å²) < 4.78 is 0. The standard InChI is InChI=1S/C23H31N3O2/c1-4-9-19(22(27)28)20-17(3)24-23(26-14-7-5-6-8-15-26)25-21(20)18-12-10-16(2)11-13-18/h10-13,19H,4-9,14-15H2,1-3H3,(H,27,28). The topological polar surface area (TPSA) is 66.3 Å². The molecule has 150 valence electrons. The molecule has 3 rings (SSSR count). The number of rotatable bonds is 6. The molecule has 0 radical (unpaired) electrons. The van der Waals surface area contributed by atoms with Gasteiger partial charge in [-0.2, -0.15) is 0 Å². The predicted molar refractivity (Wildman–Crippen MR) is 113 cm³/mol. The number of nitrogens with zero attached hydrogens (tertiary/aromatic N) is 3. The molecule has 28 heavy (non-hydrogen) atoms. The molecule has 1 fully saturated rings. The number of hydrogen-bond acceptors (Lipinski definition) is 4. The number of aromatic nitrogens is 2. The smallest absolute Gasteiger partial charge is 0.311 e. The molecule has 1 aliphatic rings. The van der Waals surface area contributed by atoms with Crippen molar-refractivity contribution in [2.75, 3.05) is 18.0 Å². The highest BCUT2D eigenvalue weighted by Crippen LogP contribution is 2.34. The SMILES string of the molecule is CCCC(C(=O)O)c1c(C)nc(N2CCCCCC2)nc1-c1ccc(C)cc1. The van der Waals surface area contributed by atoms with Crippen LogP contribution in [-0.4, -0.2) is 34.1 Å². The van der Waals surface area contributed by atoms with E-state index in [9.17, 15) is 9.90 Å². The largest absolute Gasteiger partial charge is 0.481 e. The lowest BCUT2D eigenvalue weighted by Crippen LogP contribution is -2.27. The molecule has 5 nitrogen and oxygen atoms in total. The summed E-state index contributed by atoms with van der Waals surface area (Å²) in [4.78, 5) is 24.0. The average Bonchev–Trinajstić information content (AvgIpc) is 2.96. The van der Waals surface area contributed by atoms with Crippen molar-refractivity contribution in [2.24, 2.45) is 0 Å². The van der Waals surface area contributed by atoms with Crippen LogP contribution in [0.25, 0.3) is 11.3 Å². The molecule has 0 bridgehead atoms. The Hall–Kier alpha value is -2.43. The molecule has 0 saturated carbocycles. The van der Waals surface area contributed by atoms with Crippen molar-refractivity contribution >= 4 is 11.9 Å². The number of carboxylic acids is 1. The van der Waals surface area contributed by atoms with Gasteiger partial charge < -0.3 is 10.0 Å². The first kappa shape index (κ1) is 20.3. The fraction of sp³-hybridized carbons (Fsp3) is 0.522. The van der Waals surface area contributed by atoms with Crippen molar-refractivity contribution < 1.29 is 9.90 Å². The third-order valence-corrected chi connectivity index (χ3v) is 5.56. The zero-order chi connectivity index (χ0) is 20.1. The molecule has 2 heterocycles. The zero-order valence-electron chi connectivity index (χ0n) is 17.2. The van der Waals surface area contributed by atoms with E-state index in [1.54, 1.807) is 0 Å². The van der Waals surface area contributed by atoms with Gasteiger partial charge in [0.25, 0.3) is 0 Å². The molecule has 0 aliphatic carbocycles. The van der Waals surface area contributed by atoms with Gasteiger partial charge in [-0.3, -0.25) is 4.79 Å². The van der Waals surface area contributed by atoms with Crippen molar-refractivity contribution in [2.45, 2.75) is 65.2 Å². The second-order valence-corrected chi connectivity index (χ2v) is 7.82. The molecule has 1 aromatic heterocycles. The molecule has 2 aromatic rings. The molecule has 1 saturated heterocycles. The lowest BCUT2D eigenvalue weighted by atomic mass is 9.89. The average molecular weight is 382 g/mol. The summed E-state index contributed by atoms with van der Waals surface area (Å²) in [5.74, 6) is -0.650. The Labute approximate surface area is 167 Å². The molecular formula is C23H31N3O2. The van der Waals surface area contributed by atoms with Crippen molar-refractivity contribution in [3.8, 4) is 11.3 Å². The second kappa shape index (κ2) is 9.18. The number of carboxylic acid groups (broad SMARTS) is 1. The minimum absolute atomic E-state index is 0.584. The van der Waals surface area contributed by atoms with Crippen LogP contribution in [0.2, 0.25) is 0 Å². The van der Waals surface area contributed by atoms with E-state index in [1.807, 2.05) is 26.0 Å². The van der Waals surface area contributed by atoms with Crippen LogP contribution < -0.4 is 4.90 Å². The van der Waals surface area contributed by atoms with Gasteiger partial charge >= 0.3 is 5.97 Å². The Bertz CT molecular complexity index is 809. The normalized spacial score (nSPS) is 15.9. The summed E-state index contributed by atoms with van der Waals surface area (Å²) in [6.07, 6.45) is 6.18. The lowest BCUT2D eigenvalue weighted by Gasteiger charge is -2.24. The van der Waals surface area contributed by atoms with Crippen molar-refractivity contribution in [3.05, 3.63) is 41.1 Å². The van der Waals surface area contributed by atoms with Gasteiger partial charge in [-0.15, -0.1) is 0 Å². The molecule has 0 spiro atoms. The Morgan fingerprint density at radius 1 is 1.07 bits per heavy atom. The van der Waals surface area contributed by atoms with E-state index in [0.717, 1.165) is 60.8 Å². The molecule has 1 atom stereocenters. The maximum atomic E-state index is 12.0. The van der Waals surface area contributed by atoms with E-state index in [1.165, 1.54) is 18.4 Å². The van der Waals surface area contributed by atoms with Crippen LogP contribution in [0.15, 0.2) is 24.3 Å².